The van der Waals surface area contributed by atoms with Crippen LogP contribution in [0.2, 0.25) is 0 Å². The average molecular weight is 268 g/mol. The van der Waals surface area contributed by atoms with Gasteiger partial charge in [0.25, 0.3) is 5.24 Å². The van der Waals surface area contributed by atoms with Gasteiger partial charge in [0.1, 0.15) is 11.1 Å². The number of hydrogen-bond acceptors (Lipinski definition) is 4. The predicted molar refractivity (Wildman–Crippen MR) is 64.6 cm³/mol. The van der Waals surface area contributed by atoms with Crippen molar-refractivity contribution in [1.29, 1.82) is 0 Å². The third-order valence-corrected chi connectivity index (χ3v) is 3.25. The van der Waals surface area contributed by atoms with Crippen LogP contribution in [0.4, 0.5) is 14.9 Å². The fourth-order valence-corrected chi connectivity index (χ4v) is 2.26. The van der Waals surface area contributed by atoms with Gasteiger partial charge in [-0.25, -0.2) is 4.39 Å². The van der Waals surface area contributed by atoms with Crippen molar-refractivity contribution in [2.24, 2.45) is 0 Å². The molecule has 5 nitrogen and oxygen atoms in total. The molecule has 94 valence electrons. The van der Waals surface area contributed by atoms with E-state index in [0.717, 1.165) is 11.8 Å². The Balaban J connectivity index is 1.91. The van der Waals surface area contributed by atoms with Crippen LogP contribution in [0.25, 0.3) is 0 Å². The van der Waals surface area contributed by atoms with Crippen LogP contribution >= 0.6 is 11.8 Å². The van der Waals surface area contributed by atoms with Gasteiger partial charge < -0.3 is 5.32 Å². The third kappa shape index (κ3) is 3.07. The smallest absolute Gasteiger partial charge is 0.286 e. The van der Waals surface area contributed by atoms with Gasteiger partial charge in [-0.15, -0.1) is 0 Å². The minimum Gasteiger partial charge on any atom is -0.326 e. The first kappa shape index (κ1) is 12.6. The molecular formula is C11H9FN2O3S. The van der Waals surface area contributed by atoms with Gasteiger partial charge in [-0.2, -0.15) is 0 Å². The maximum atomic E-state index is 12.6. The molecule has 0 radical (unpaired) electrons. The zero-order chi connectivity index (χ0) is 13.1. The van der Waals surface area contributed by atoms with Crippen molar-refractivity contribution in [3.8, 4) is 0 Å². The Hall–Kier alpha value is -1.89. The van der Waals surface area contributed by atoms with Gasteiger partial charge in [0.05, 0.1) is 0 Å². The molecule has 3 amide bonds. The molecule has 18 heavy (non-hydrogen) atoms. The van der Waals surface area contributed by atoms with Gasteiger partial charge in [0.2, 0.25) is 11.8 Å². The number of amides is 3. The van der Waals surface area contributed by atoms with Crippen LogP contribution < -0.4 is 10.6 Å². The number of rotatable bonds is 3. The first-order chi connectivity index (χ1) is 8.54. The molecule has 7 heteroatoms. The predicted octanol–water partition coefficient (Wildman–Crippen LogP) is 1.51. The van der Waals surface area contributed by atoms with E-state index in [2.05, 4.69) is 10.6 Å². The number of benzene rings is 1. The molecule has 1 heterocycles. The fraction of sp³-hybridized carbons (Fsp3) is 0.182. The molecule has 1 aliphatic rings. The number of anilines is 1. The molecule has 0 bridgehead atoms. The van der Waals surface area contributed by atoms with Gasteiger partial charge in [0.15, 0.2) is 0 Å². The van der Waals surface area contributed by atoms with E-state index >= 15 is 0 Å². The van der Waals surface area contributed by atoms with E-state index < -0.39 is 28.1 Å². The molecule has 1 unspecified atom stereocenters. The Morgan fingerprint density at radius 2 is 2.00 bits per heavy atom. The molecule has 1 saturated heterocycles. The Kier molecular flexibility index (Phi) is 3.61. The number of halogens is 1. The lowest BCUT2D eigenvalue weighted by atomic mass is 10.2. The molecule has 1 fully saturated rings. The normalized spacial score (nSPS) is 18.6. The van der Waals surface area contributed by atoms with Crippen molar-refractivity contribution < 1.29 is 18.8 Å². The summed E-state index contributed by atoms with van der Waals surface area (Å²) in [6.07, 6.45) is -0.0976. The minimum atomic E-state index is -0.696. The van der Waals surface area contributed by atoms with Crippen molar-refractivity contribution in [2.75, 3.05) is 5.32 Å². The summed E-state index contributed by atoms with van der Waals surface area (Å²) in [6.45, 7) is 0. The van der Waals surface area contributed by atoms with Crippen molar-refractivity contribution in [1.82, 2.24) is 5.32 Å². The highest BCUT2D eigenvalue weighted by Crippen LogP contribution is 2.22. The maximum absolute atomic E-state index is 12.6. The molecule has 2 N–H and O–H groups in total. The summed E-state index contributed by atoms with van der Waals surface area (Å²) in [5, 5.41) is 3.48. The van der Waals surface area contributed by atoms with E-state index in [1.807, 2.05) is 0 Å². The number of carbonyl (C=O) groups excluding carboxylic acids is 3. The van der Waals surface area contributed by atoms with Crippen LogP contribution in [-0.2, 0) is 9.59 Å². The fourth-order valence-electron chi connectivity index (χ4n) is 1.44. The van der Waals surface area contributed by atoms with Crippen LogP contribution in [0.3, 0.4) is 0 Å². The first-order valence-electron chi connectivity index (χ1n) is 5.11. The molecule has 1 aliphatic heterocycles. The van der Waals surface area contributed by atoms with Gasteiger partial charge in [0, 0.05) is 12.1 Å². The average Bonchev–Trinajstić information content (AvgIpc) is 2.61. The SMILES string of the molecule is O=C(CC1SC(=O)NC1=O)Nc1ccc(F)cc1. The highest BCUT2D eigenvalue weighted by molar-refractivity contribution is 8.15. The lowest BCUT2D eigenvalue weighted by molar-refractivity contribution is -0.122. The first-order valence-corrected chi connectivity index (χ1v) is 5.99. The highest BCUT2D eigenvalue weighted by atomic mass is 32.2. The largest absolute Gasteiger partial charge is 0.326 e. The van der Waals surface area contributed by atoms with E-state index in [1.165, 1.54) is 24.3 Å². The summed E-state index contributed by atoms with van der Waals surface area (Å²) < 4.78 is 12.6. The molecule has 1 atom stereocenters. The summed E-state index contributed by atoms with van der Waals surface area (Å²) in [7, 11) is 0. The molecule has 1 aromatic rings. The van der Waals surface area contributed by atoms with Crippen molar-refractivity contribution >= 4 is 34.5 Å². The van der Waals surface area contributed by atoms with Crippen LogP contribution in [0.5, 0.6) is 0 Å². The highest BCUT2D eigenvalue weighted by Gasteiger charge is 2.33. The van der Waals surface area contributed by atoms with E-state index in [0.29, 0.717) is 5.69 Å². The van der Waals surface area contributed by atoms with E-state index in [9.17, 15) is 18.8 Å². The zero-order valence-corrected chi connectivity index (χ0v) is 9.92. The van der Waals surface area contributed by atoms with Gasteiger partial charge in [-0.3, -0.25) is 19.7 Å². The number of imide groups is 1. The van der Waals surface area contributed by atoms with Crippen molar-refractivity contribution in [3.05, 3.63) is 30.1 Å². The summed E-state index contributed by atoms with van der Waals surface area (Å²) in [4.78, 5) is 33.7. The second-order valence-electron chi connectivity index (χ2n) is 3.64. The Morgan fingerprint density at radius 3 is 2.56 bits per heavy atom. The number of carbonyl (C=O) groups is 3. The lowest BCUT2D eigenvalue weighted by Crippen LogP contribution is -2.27. The molecule has 0 saturated carbocycles. The Bertz CT molecular complexity index is 504. The summed E-state index contributed by atoms with van der Waals surface area (Å²) in [5.74, 6) is -1.26. The number of nitrogens with one attached hydrogen (secondary N) is 2. The number of hydrogen-bond donors (Lipinski definition) is 2. The summed E-state index contributed by atoms with van der Waals surface area (Å²) >= 11 is 0.795. The molecule has 0 aliphatic carbocycles. The Labute approximate surface area is 106 Å². The van der Waals surface area contributed by atoms with Gasteiger partial charge in [-0.1, -0.05) is 11.8 Å². The molecule has 1 aromatic carbocycles. The van der Waals surface area contributed by atoms with Crippen LogP contribution in [0.15, 0.2) is 24.3 Å². The molecule has 0 spiro atoms. The summed E-state index contributed by atoms with van der Waals surface area (Å²) in [6, 6.07) is 5.27. The zero-order valence-electron chi connectivity index (χ0n) is 9.10. The van der Waals surface area contributed by atoms with E-state index in [-0.39, 0.29) is 6.42 Å². The van der Waals surface area contributed by atoms with Gasteiger partial charge >= 0.3 is 0 Å². The quantitative estimate of drug-likeness (QED) is 0.871. The maximum Gasteiger partial charge on any atom is 0.286 e. The lowest BCUT2D eigenvalue weighted by Gasteiger charge is -2.06. The Morgan fingerprint density at radius 1 is 1.33 bits per heavy atom. The monoisotopic (exact) mass is 268 g/mol. The van der Waals surface area contributed by atoms with Crippen molar-refractivity contribution in [2.45, 2.75) is 11.7 Å². The molecule has 2 rings (SSSR count). The second-order valence-corrected chi connectivity index (χ2v) is 4.82. The van der Waals surface area contributed by atoms with Crippen LogP contribution in [0.1, 0.15) is 6.42 Å². The van der Waals surface area contributed by atoms with Crippen molar-refractivity contribution in [3.63, 3.8) is 0 Å². The molecule has 0 aromatic heterocycles. The second kappa shape index (κ2) is 5.18. The van der Waals surface area contributed by atoms with Crippen LogP contribution in [0, 0.1) is 5.82 Å². The standard InChI is InChI=1S/C11H9FN2O3S/c12-6-1-3-7(4-2-6)13-9(15)5-8-10(16)14-11(17)18-8/h1-4,8H,5H2,(H,13,15)(H,14,16,17). The summed E-state index contributed by atoms with van der Waals surface area (Å²) in [5.41, 5.74) is 0.441. The molecular weight excluding hydrogens is 259 g/mol. The third-order valence-electron chi connectivity index (χ3n) is 2.27. The minimum absolute atomic E-state index is 0.0976. The van der Waals surface area contributed by atoms with E-state index in [4.69, 9.17) is 0 Å². The number of thioether (sulfide) groups is 1. The van der Waals surface area contributed by atoms with Gasteiger partial charge in [-0.05, 0) is 24.3 Å². The topological polar surface area (TPSA) is 75.3 Å². The van der Waals surface area contributed by atoms with Crippen LogP contribution in [-0.4, -0.2) is 22.3 Å². The van der Waals surface area contributed by atoms with E-state index in [1.54, 1.807) is 0 Å².